The van der Waals surface area contributed by atoms with Crippen LogP contribution in [0.25, 0.3) is 10.2 Å². The van der Waals surface area contributed by atoms with Crippen molar-refractivity contribution in [3.05, 3.63) is 57.0 Å². The number of fused-ring (bicyclic) bond motifs is 3. The van der Waals surface area contributed by atoms with E-state index in [2.05, 4.69) is 10.3 Å². The van der Waals surface area contributed by atoms with Crippen LogP contribution in [-0.2, 0) is 28.9 Å². The third kappa shape index (κ3) is 3.80. The second-order valence-corrected chi connectivity index (χ2v) is 7.97. The van der Waals surface area contributed by atoms with Gasteiger partial charge in [0, 0.05) is 4.88 Å². The van der Waals surface area contributed by atoms with Crippen LogP contribution in [0.3, 0.4) is 0 Å². The molecule has 1 aromatic carbocycles. The first-order valence-electron chi connectivity index (χ1n) is 9.64. The van der Waals surface area contributed by atoms with E-state index < -0.39 is 11.9 Å². The molecule has 150 valence electrons. The molecule has 3 aromatic rings. The number of aryl methyl sites for hydroxylation is 2. The molecule has 0 bridgehead atoms. The van der Waals surface area contributed by atoms with E-state index in [1.807, 2.05) is 0 Å². The molecule has 1 N–H and O–H groups in total. The minimum Gasteiger partial charge on any atom is -0.462 e. The van der Waals surface area contributed by atoms with E-state index in [0.29, 0.717) is 11.1 Å². The molecule has 0 atom stereocenters. The Labute approximate surface area is 171 Å². The number of ether oxygens (including phenoxy) is 1. The number of aromatic nitrogens is 2. The zero-order chi connectivity index (χ0) is 20.4. The Balaban J connectivity index is 1.58. The number of para-hydroxylation sites is 1. The molecule has 0 fully saturated rings. The number of rotatable bonds is 5. The molecule has 1 aliphatic rings. The molecule has 4 rings (SSSR count). The van der Waals surface area contributed by atoms with Crippen molar-refractivity contribution in [3.8, 4) is 0 Å². The number of hydrogen-bond acceptors (Lipinski definition) is 6. The standard InChI is InChI=1S/C21H21N3O4S/c1-2-28-21(27)13-7-3-5-9-15(13)23-17(25)11-24-12-22-19-18(20(24)26)14-8-4-6-10-16(14)29-19/h3,5,7,9,12H,2,4,6,8,10-11H2,1H3,(H,23,25). The van der Waals surface area contributed by atoms with Gasteiger partial charge in [-0.3, -0.25) is 14.2 Å². The highest BCUT2D eigenvalue weighted by atomic mass is 32.1. The number of esters is 1. The van der Waals surface area contributed by atoms with Gasteiger partial charge in [0.1, 0.15) is 11.4 Å². The van der Waals surface area contributed by atoms with E-state index in [1.165, 1.54) is 15.8 Å². The molecule has 2 heterocycles. The van der Waals surface area contributed by atoms with Gasteiger partial charge in [-0.2, -0.15) is 0 Å². The summed E-state index contributed by atoms with van der Waals surface area (Å²) in [5, 5.41) is 3.35. The van der Waals surface area contributed by atoms with Gasteiger partial charge in [0.15, 0.2) is 0 Å². The number of nitrogens with zero attached hydrogens (tertiary/aromatic N) is 2. The van der Waals surface area contributed by atoms with Gasteiger partial charge in [0.05, 0.1) is 29.6 Å². The third-order valence-electron chi connectivity index (χ3n) is 4.95. The number of amides is 1. The van der Waals surface area contributed by atoms with Gasteiger partial charge in [-0.15, -0.1) is 11.3 Å². The Kier molecular flexibility index (Phi) is 5.44. The SMILES string of the molecule is CCOC(=O)c1ccccc1NC(=O)Cn1cnc2sc3c(c2c1=O)CCCC3. The summed E-state index contributed by atoms with van der Waals surface area (Å²) in [6, 6.07) is 6.63. The molecule has 8 heteroatoms. The zero-order valence-electron chi connectivity index (χ0n) is 16.1. The van der Waals surface area contributed by atoms with Crippen molar-refractivity contribution in [2.45, 2.75) is 39.2 Å². The summed E-state index contributed by atoms with van der Waals surface area (Å²) in [5.74, 6) is -0.914. The monoisotopic (exact) mass is 411 g/mol. The maximum absolute atomic E-state index is 13.0. The van der Waals surface area contributed by atoms with E-state index in [-0.39, 0.29) is 24.3 Å². The molecule has 2 aromatic heterocycles. The van der Waals surface area contributed by atoms with Crippen LogP contribution in [0, 0.1) is 0 Å². The van der Waals surface area contributed by atoms with Crippen LogP contribution in [0.5, 0.6) is 0 Å². The maximum Gasteiger partial charge on any atom is 0.340 e. The number of carbonyl (C=O) groups is 2. The largest absolute Gasteiger partial charge is 0.462 e. The number of thiophene rings is 1. The average Bonchev–Trinajstić information content (AvgIpc) is 3.10. The third-order valence-corrected chi connectivity index (χ3v) is 6.15. The second kappa shape index (κ2) is 8.16. The van der Waals surface area contributed by atoms with Crippen molar-refractivity contribution in [1.29, 1.82) is 0 Å². The number of benzene rings is 1. The molecule has 0 radical (unpaired) electrons. The van der Waals surface area contributed by atoms with Crippen molar-refractivity contribution in [2.75, 3.05) is 11.9 Å². The molecule has 1 aliphatic carbocycles. The Morgan fingerprint density at radius 1 is 1.24 bits per heavy atom. The van der Waals surface area contributed by atoms with Crippen molar-refractivity contribution in [3.63, 3.8) is 0 Å². The van der Waals surface area contributed by atoms with Gasteiger partial charge in [-0.1, -0.05) is 12.1 Å². The van der Waals surface area contributed by atoms with Crippen LogP contribution in [0.15, 0.2) is 35.4 Å². The van der Waals surface area contributed by atoms with Gasteiger partial charge in [0.25, 0.3) is 5.56 Å². The highest BCUT2D eigenvalue weighted by molar-refractivity contribution is 7.18. The van der Waals surface area contributed by atoms with Gasteiger partial charge in [-0.05, 0) is 50.3 Å². The average molecular weight is 411 g/mol. The van der Waals surface area contributed by atoms with Crippen molar-refractivity contribution in [1.82, 2.24) is 9.55 Å². The predicted molar refractivity (Wildman–Crippen MR) is 112 cm³/mol. The normalized spacial score (nSPS) is 13.1. The number of anilines is 1. The lowest BCUT2D eigenvalue weighted by Gasteiger charge is -2.12. The highest BCUT2D eigenvalue weighted by Crippen LogP contribution is 2.33. The smallest absolute Gasteiger partial charge is 0.340 e. The minimum atomic E-state index is -0.506. The summed E-state index contributed by atoms with van der Waals surface area (Å²) in [6.45, 7) is 1.79. The molecule has 0 spiro atoms. The van der Waals surface area contributed by atoms with Crippen molar-refractivity contribution < 1.29 is 14.3 Å². The van der Waals surface area contributed by atoms with Crippen LogP contribution in [0.4, 0.5) is 5.69 Å². The van der Waals surface area contributed by atoms with Crippen molar-refractivity contribution in [2.24, 2.45) is 0 Å². The number of carbonyl (C=O) groups excluding carboxylic acids is 2. The first-order chi connectivity index (χ1) is 14.1. The fourth-order valence-electron chi connectivity index (χ4n) is 3.62. The van der Waals surface area contributed by atoms with E-state index in [1.54, 1.807) is 42.5 Å². The second-order valence-electron chi connectivity index (χ2n) is 6.88. The predicted octanol–water partition coefficient (Wildman–Crippen LogP) is 3.15. The summed E-state index contributed by atoms with van der Waals surface area (Å²) in [7, 11) is 0. The lowest BCUT2D eigenvalue weighted by Crippen LogP contribution is -2.28. The molecular formula is C21H21N3O4S. The molecule has 29 heavy (non-hydrogen) atoms. The molecular weight excluding hydrogens is 390 g/mol. The Hall–Kier alpha value is -3.00. The van der Waals surface area contributed by atoms with Crippen molar-refractivity contribution >= 4 is 39.1 Å². The van der Waals surface area contributed by atoms with Crippen LogP contribution in [-0.4, -0.2) is 28.0 Å². The lowest BCUT2D eigenvalue weighted by atomic mass is 9.97. The van der Waals surface area contributed by atoms with Gasteiger partial charge in [-0.25, -0.2) is 9.78 Å². The molecule has 0 saturated carbocycles. The highest BCUT2D eigenvalue weighted by Gasteiger charge is 2.21. The lowest BCUT2D eigenvalue weighted by molar-refractivity contribution is -0.116. The fourth-order valence-corrected chi connectivity index (χ4v) is 4.84. The quantitative estimate of drug-likeness (QED) is 0.652. The molecule has 0 saturated heterocycles. The Morgan fingerprint density at radius 3 is 2.86 bits per heavy atom. The zero-order valence-corrected chi connectivity index (χ0v) is 16.9. The Morgan fingerprint density at radius 2 is 2.03 bits per heavy atom. The summed E-state index contributed by atoms with van der Waals surface area (Å²) < 4.78 is 6.35. The number of hydrogen-bond donors (Lipinski definition) is 1. The fraction of sp³-hybridized carbons (Fsp3) is 0.333. The van der Waals surface area contributed by atoms with Gasteiger partial charge < -0.3 is 10.1 Å². The van der Waals surface area contributed by atoms with E-state index in [0.717, 1.165) is 36.1 Å². The van der Waals surface area contributed by atoms with Crippen LogP contribution in [0.1, 0.15) is 40.6 Å². The molecule has 0 unspecified atom stereocenters. The van der Waals surface area contributed by atoms with Crippen LogP contribution < -0.4 is 10.9 Å². The van der Waals surface area contributed by atoms with Crippen LogP contribution >= 0.6 is 11.3 Å². The summed E-state index contributed by atoms with van der Waals surface area (Å²) in [4.78, 5) is 44.0. The molecule has 7 nitrogen and oxygen atoms in total. The van der Waals surface area contributed by atoms with Crippen LogP contribution in [0.2, 0.25) is 0 Å². The first kappa shape index (κ1) is 19.3. The van der Waals surface area contributed by atoms with E-state index in [4.69, 9.17) is 4.74 Å². The Bertz CT molecular complexity index is 1150. The van der Waals surface area contributed by atoms with E-state index >= 15 is 0 Å². The summed E-state index contributed by atoms with van der Waals surface area (Å²) >= 11 is 1.58. The summed E-state index contributed by atoms with van der Waals surface area (Å²) in [5.41, 5.74) is 1.53. The molecule has 1 amide bonds. The maximum atomic E-state index is 13.0. The molecule has 0 aliphatic heterocycles. The minimum absolute atomic E-state index is 0.177. The first-order valence-corrected chi connectivity index (χ1v) is 10.5. The topological polar surface area (TPSA) is 90.3 Å². The number of nitrogens with one attached hydrogen (secondary N) is 1. The van der Waals surface area contributed by atoms with Gasteiger partial charge >= 0.3 is 5.97 Å². The van der Waals surface area contributed by atoms with Gasteiger partial charge in [0.2, 0.25) is 5.91 Å². The summed E-state index contributed by atoms with van der Waals surface area (Å²) in [6.07, 6.45) is 5.49. The van der Waals surface area contributed by atoms with E-state index in [9.17, 15) is 14.4 Å².